The van der Waals surface area contributed by atoms with Crippen LogP contribution in [0.3, 0.4) is 0 Å². The second-order valence-corrected chi connectivity index (χ2v) is 7.40. The number of carbonyl (C=O) groups excluding carboxylic acids is 1. The average molecular weight is 409 g/mol. The summed E-state index contributed by atoms with van der Waals surface area (Å²) in [7, 11) is 0. The lowest BCUT2D eigenvalue weighted by molar-refractivity contribution is 0.0996. The van der Waals surface area contributed by atoms with Gasteiger partial charge in [0.05, 0.1) is 20.3 Å². The number of carbonyl (C=O) groups is 1. The third-order valence-electron chi connectivity index (χ3n) is 4.03. The third-order valence-corrected chi connectivity index (χ3v) is 5.87. The van der Waals surface area contributed by atoms with E-state index in [2.05, 4.69) is 4.99 Å². The van der Waals surface area contributed by atoms with Crippen LogP contribution >= 0.6 is 34.5 Å². The molecule has 0 N–H and O–H groups in total. The first-order valence-corrected chi connectivity index (χ1v) is 9.61. The molecule has 0 atom stereocenters. The molecule has 8 heteroatoms. The molecule has 5 nitrogen and oxygen atoms in total. The first-order valence-electron chi connectivity index (χ1n) is 8.04. The second kappa shape index (κ2) is 6.95. The van der Waals surface area contributed by atoms with Crippen molar-refractivity contribution in [1.82, 2.24) is 4.57 Å². The normalized spacial score (nSPS) is 14.0. The zero-order valence-electron chi connectivity index (χ0n) is 13.8. The van der Waals surface area contributed by atoms with Gasteiger partial charge in [-0.05, 0) is 37.3 Å². The number of hydrogen-bond donors (Lipinski definition) is 0. The Morgan fingerprint density at radius 3 is 2.65 bits per heavy atom. The molecule has 26 heavy (non-hydrogen) atoms. The van der Waals surface area contributed by atoms with E-state index in [4.69, 9.17) is 32.7 Å². The van der Waals surface area contributed by atoms with Crippen LogP contribution in [0, 0.1) is 0 Å². The fourth-order valence-corrected chi connectivity index (χ4v) is 4.53. The Balaban J connectivity index is 1.82. The van der Waals surface area contributed by atoms with E-state index in [0.29, 0.717) is 51.7 Å². The van der Waals surface area contributed by atoms with Crippen molar-refractivity contribution in [2.75, 3.05) is 13.2 Å². The largest absolute Gasteiger partial charge is 0.486 e. The van der Waals surface area contributed by atoms with Gasteiger partial charge in [0, 0.05) is 12.1 Å². The SMILES string of the molecule is CCn1c(=NC(=O)c2ccc3c(c2)OCCO3)sc2c(Cl)ccc(Cl)c21. The first kappa shape index (κ1) is 17.4. The molecule has 0 saturated carbocycles. The van der Waals surface area contributed by atoms with Gasteiger partial charge in [-0.25, -0.2) is 0 Å². The molecule has 1 aliphatic rings. The van der Waals surface area contributed by atoms with E-state index in [0.717, 1.165) is 10.2 Å². The lowest BCUT2D eigenvalue weighted by Crippen LogP contribution is -2.17. The van der Waals surface area contributed by atoms with E-state index >= 15 is 0 Å². The molecule has 3 aromatic rings. The summed E-state index contributed by atoms with van der Waals surface area (Å²) in [5.74, 6) is 0.836. The summed E-state index contributed by atoms with van der Waals surface area (Å²) in [6.45, 7) is 3.56. The summed E-state index contributed by atoms with van der Waals surface area (Å²) in [4.78, 5) is 17.5. The van der Waals surface area contributed by atoms with E-state index in [1.54, 1.807) is 30.3 Å². The topological polar surface area (TPSA) is 52.8 Å². The van der Waals surface area contributed by atoms with Crippen LogP contribution in [0.15, 0.2) is 35.3 Å². The van der Waals surface area contributed by atoms with Crippen LogP contribution in [0.25, 0.3) is 10.2 Å². The summed E-state index contributed by atoms with van der Waals surface area (Å²) in [5, 5.41) is 1.17. The molecule has 1 aromatic heterocycles. The minimum atomic E-state index is -0.358. The number of fused-ring (bicyclic) bond motifs is 2. The zero-order chi connectivity index (χ0) is 18.3. The molecule has 1 amide bonds. The Bertz CT molecular complexity index is 1090. The molecule has 0 radical (unpaired) electrons. The van der Waals surface area contributed by atoms with E-state index < -0.39 is 0 Å². The number of rotatable bonds is 2. The summed E-state index contributed by atoms with van der Waals surface area (Å²) in [6.07, 6.45) is 0. The van der Waals surface area contributed by atoms with Gasteiger partial charge >= 0.3 is 0 Å². The van der Waals surface area contributed by atoms with Gasteiger partial charge in [0.1, 0.15) is 13.2 Å². The summed E-state index contributed by atoms with van der Waals surface area (Å²) in [6, 6.07) is 8.56. The molecule has 0 fully saturated rings. The van der Waals surface area contributed by atoms with Crippen molar-refractivity contribution in [3.8, 4) is 11.5 Å². The van der Waals surface area contributed by atoms with E-state index in [1.165, 1.54) is 11.3 Å². The molecule has 2 heterocycles. The van der Waals surface area contributed by atoms with Gasteiger partial charge in [-0.1, -0.05) is 34.5 Å². The fourth-order valence-electron chi connectivity index (χ4n) is 2.82. The van der Waals surface area contributed by atoms with Crippen LogP contribution < -0.4 is 14.3 Å². The number of amides is 1. The maximum Gasteiger partial charge on any atom is 0.279 e. The predicted octanol–water partition coefficient (Wildman–Crippen LogP) is 4.54. The molecule has 0 spiro atoms. The molecular formula is C18H14Cl2N2O3S. The number of aromatic nitrogens is 1. The van der Waals surface area contributed by atoms with Crippen molar-refractivity contribution >= 4 is 50.7 Å². The van der Waals surface area contributed by atoms with E-state index in [9.17, 15) is 4.79 Å². The highest BCUT2D eigenvalue weighted by Crippen LogP contribution is 2.32. The van der Waals surface area contributed by atoms with Gasteiger partial charge < -0.3 is 14.0 Å². The van der Waals surface area contributed by atoms with Gasteiger partial charge in [0.25, 0.3) is 5.91 Å². The Labute approximate surface area is 163 Å². The maximum absolute atomic E-state index is 12.7. The maximum atomic E-state index is 12.7. The Morgan fingerprint density at radius 2 is 1.88 bits per heavy atom. The van der Waals surface area contributed by atoms with E-state index in [1.807, 2.05) is 11.5 Å². The molecule has 2 aromatic carbocycles. The Kier molecular flexibility index (Phi) is 4.65. The number of aryl methyl sites for hydroxylation is 1. The number of benzene rings is 2. The summed E-state index contributed by atoms with van der Waals surface area (Å²) < 4.78 is 13.7. The van der Waals surface area contributed by atoms with Crippen LogP contribution in [0.4, 0.5) is 0 Å². The quantitative estimate of drug-likeness (QED) is 0.625. The van der Waals surface area contributed by atoms with Gasteiger partial charge in [-0.15, -0.1) is 0 Å². The molecule has 0 unspecified atom stereocenters. The highest BCUT2D eigenvalue weighted by molar-refractivity contribution is 7.17. The smallest absolute Gasteiger partial charge is 0.279 e. The fraction of sp³-hybridized carbons (Fsp3) is 0.222. The van der Waals surface area contributed by atoms with Crippen molar-refractivity contribution in [1.29, 1.82) is 0 Å². The number of hydrogen-bond acceptors (Lipinski definition) is 4. The van der Waals surface area contributed by atoms with Crippen LogP contribution in [-0.4, -0.2) is 23.7 Å². The molecule has 0 aliphatic carbocycles. The predicted molar refractivity (Wildman–Crippen MR) is 103 cm³/mol. The summed E-state index contributed by atoms with van der Waals surface area (Å²) in [5.41, 5.74) is 1.23. The van der Waals surface area contributed by atoms with Gasteiger partial charge in [-0.3, -0.25) is 4.79 Å². The Hall–Kier alpha value is -2.02. The number of ether oxygens (including phenoxy) is 2. The second-order valence-electron chi connectivity index (χ2n) is 5.61. The molecular weight excluding hydrogens is 395 g/mol. The highest BCUT2D eigenvalue weighted by atomic mass is 35.5. The lowest BCUT2D eigenvalue weighted by atomic mass is 10.2. The van der Waals surface area contributed by atoms with Crippen molar-refractivity contribution in [2.45, 2.75) is 13.5 Å². The minimum Gasteiger partial charge on any atom is -0.486 e. The van der Waals surface area contributed by atoms with Crippen molar-refractivity contribution in [3.63, 3.8) is 0 Å². The third kappa shape index (κ3) is 2.98. The van der Waals surface area contributed by atoms with Gasteiger partial charge in [-0.2, -0.15) is 4.99 Å². The molecule has 134 valence electrons. The van der Waals surface area contributed by atoms with Crippen molar-refractivity contribution in [3.05, 3.63) is 50.7 Å². The molecule has 0 saturated heterocycles. The van der Waals surface area contributed by atoms with Crippen LogP contribution in [0.5, 0.6) is 11.5 Å². The van der Waals surface area contributed by atoms with Crippen LogP contribution in [0.1, 0.15) is 17.3 Å². The Morgan fingerprint density at radius 1 is 1.15 bits per heavy atom. The molecule has 1 aliphatic heterocycles. The first-order chi connectivity index (χ1) is 12.6. The number of halogens is 2. The molecule has 4 rings (SSSR count). The van der Waals surface area contributed by atoms with Crippen molar-refractivity contribution in [2.24, 2.45) is 4.99 Å². The standard InChI is InChI=1S/C18H14Cl2N2O3S/c1-2-22-15-11(19)4-5-12(20)16(15)26-18(22)21-17(23)10-3-6-13-14(9-10)25-8-7-24-13/h3-6,9H,2,7-8H2,1H3. The van der Waals surface area contributed by atoms with Crippen molar-refractivity contribution < 1.29 is 14.3 Å². The monoisotopic (exact) mass is 408 g/mol. The zero-order valence-corrected chi connectivity index (χ0v) is 16.1. The van der Waals surface area contributed by atoms with Crippen LogP contribution in [-0.2, 0) is 6.54 Å². The van der Waals surface area contributed by atoms with Gasteiger partial charge in [0.2, 0.25) is 0 Å². The average Bonchev–Trinajstić information content (AvgIpc) is 3.03. The van der Waals surface area contributed by atoms with Crippen LogP contribution in [0.2, 0.25) is 10.0 Å². The minimum absolute atomic E-state index is 0.358. The van der Waals surface area contributed by atoms with Gasteiger partial charge in [0.15, 0.2) is 16.3 Å². The molecule has 0 bridgehead atoms. The number of nitrogens with zero attached hydrogens (tertiary/aromatic N) is 2. The summed E-state index contributed by atoms with van der Waals surface area (Å²) >= 11 is 14.0. The number of thiazole rings is 1. The highest BCUT2D eigenvalue weighted by Gasteiger charge is 2.16. The lowest BCUT2D eigenvalue weighted by Gasteiger charge is -2.18. The van der Waals surface area contributed by atoms with E-state index in [-0.39, 0.29) is 5.91 Å².